The number of alkyl halides is 10. The molecule has 1 aliphatic heterocycles. The van der Waals surface area contributed by atoms with E-state index in [4.69, 9.17) is 15.9 Å². The quantitative estimate of drug-likeness (QED) is 0.0366. The van der Waals surface area contributed by atoms with Gasteiger partial charge in [0, 0.05) is 99.2 Å². The number of hydrogen-bond acceptors (Lipinski definition) is 14. The van der Waals surface area contributed by atoms with Crippen molar-refractivity contribution in [2.24, 2.45) is 0 Å². The van der Waals surface area contributed by atoms with Crippen LogP contribution in [0.1, 0.15) is 84.5 Å². The van der Waals surface area contributed by atoms with Gasteiger partial charge in [-0.2, -0.15) is 64.8 Å². The van der Waals surface area contributed by atoms with E-state index in [1.165, 1.54) is 75.1 Å². The maximum Gasteiger partial charge on any atom is 0.534 e. The summed E-state index contributed by atoms with van der Waals surface area (Å²) in [5, 5.41) is 17.4. The molecule has 538 valence electrons. The van der Waals surface area contributed by atoms with Crippen molar-refractivity contribution in [3.8, 4) is 53.3 Å². The third-order valence-electron chi connectivity index (χ3n) is 14.9. The highest BCUT2D eigenvalue weighted by Crippen LogP contribution is 2.39. The summed E-state index contributed by atoms with van der Waals surface area (Å²) >= 11 is 11.0. The van der Waals surface area contributed by atoms with Crippen molar-refractivity contribution in [1.29, 1.82) is 0 Å². The van der Waals surface area contributed by atoms with E-state index in [0.717, 1.165) is 86.0 Å². The monoisotopic (exact) mass is 1700 g/mol. The van der Waals surface area contributed by atoms with Crippen molar-refractivity contribution in [3.63, 3.8) is 0 Å². The molecular weight excluding hydrogens is 1650 g/mol. The Bertz CT molecular complexity index is 5520. The minimum Gasteiger partial charge on any atom is -0.508 e. The minimum absolute atomic E-state index is 0.0919. The molecule has 12 aromatic rings. The lowest BCUT2D eigenvalue weighted by Gasteiger charge is -2.24. The number of halogens is 11. The number of fused-ring (bicyclic) bond motifs is 9. The van der Waals surface area contributed by atoms with Crippen molar-refractivity contribution < 1.29 is 87.2 Å². The van der Waals surface area contributed by atoms with E-state index in [1.807, 2.05) is 87.5 Å². The Hall–Kier alpha value is -7.93. The molecule has 0 spiro atoms. The van der Waals surface area contributed by atoms with Crippen LogP contribution in [0.2, 0.25) is 0 Å². The van der Waals surface area contributed by atoms with Crippen LogP contribution >= 0.6 is 72.5 Å². The van der Waals surface area contributed by atoms with Gasteiger partial charge in [0.1, 0.15) is 17.2 Å². The molecule has 0 aliphatic carbocycles. The van der Waals surface area contributed by atoms with Crippen LogP contribution in [-0.2, 0) is 58.0 Å². The molecule has 9 aromatic carbocycles. The zero-order chi connectivity index (χ0) is 75.1. The number of ether oxygens (including phenoxy) is 2. The minimum atomic E-state index is -6.85. The van der Waals surface area contributed by atoms with Crippen LogP contribution in [0, 0.1) is 36.0 Å². The van der Waals surface area contributed by atoms with Crippen LogP contribution in [-0.4, -0.2) is 64.7 Å². The molecule has 11 nitrogen and oxygen atoms in total. The number of aryl methyl sites for hydroxylation is 3. The van der Waals surface area contributed by atoms with Gasteiger partial charge in [0.15, 0.2) is 6.29 Å². The van der Waals surface area contributed by atoms with Gasteiger partial charge >= 0.3 is 46.9 Å². The molecule has 0 saturated carbocycles. The van der Waals surface area contributed by atoms with Crippen LogP contribution in [0.15, 0.2) is 186 Å². The molecule has 1 N–H and O–H groups in total. The number of phenols is 1. The van der Waals surface area contributed by atoms with Gasteiger partial charge in [-0.25, -0.2) is 0 Å². The number of rotatable bonds is 9. The highest BCUT2D eigenvalue weighted by atomic mass is 127. The Kier molecular flexibility index (Phi) is 27.6. The molecule has 1 atom stereocenters. The van der Waals surface area contributed by atoms with Crippen molar-refractivity contribution in [1.82, 2.24) is 0 Å². The summed E-state index contributed by atoms with van der Waals surface area (Å²) in [7, 11) is -19.4. The summed E-state index contributed by atoms with van der Waals surface area (Å²) in [4.78, 5) is 1.97. The third-order valence-corrected chi connectivity index (χ3v) is 22.4. The average molecular weight is 1710 g/mol. The van der Waals surface area contributed by atoms with E-state index in [9.17, 15) is 69.9 Å². The second-order valence-electron chi connectivity index (χ2n) is 21.8. The lowest BCUT2D eigenvalue weighted by atomic mass is 10.1. The van der Waals surface area contributed by atoms with E-state index in [-0.39, 0.29) is 18.5 Å². The highest BCUT2D eigenvalue weighted by molar-refractivity contribution is 14.1. The summed E-state index contributed by atoms with van der Waals surface area (Å²) in [6, 6.07) is 59.6. The fourth-order valence-electron chi connectivity index (χ4n) is 9.92. The lowest BCUT2D eigenvalue weighted by Crippen LogP contribution is -2.34. The molecule has 0 radical (unpaired) electrons. The first-order valence-electron chi connectivity index (χ1n) is 30.8. The molecule has 28 heteroatoms. The number of terminal acetylenes is 1. The largest absolute Gasteiger partial charge is 0.534 e. The standard InChI is InChI=1S/C23H15F3O3S2.C22H16OS.C15H18O2.C12H7BrS.C2F6O5S2.CH3I/c1-2-17-13-15(10-12-20(17)29-31(27,28)23(24,25)26)7-8-16-9-11-19-18-5-3-4-6-21(18)30-22(19)14-16;1-2-17-13-15(10-12-20(17)23)7-8-16-9-11-19-18-5-3-4-6-21(18)24-22(19)14-16;1-3-12-8-9-14(13(4-2)11-12)17-15-7-5-6-10-16-15;13-8-5-6-10-9-3-1-2-4-11(9)14-12(10)7-8;3-1(4,5)14(9,10)13-15(11,12)2(6,7)8;1-2/h3-6,9-14H,2H2,1H3;3-6,9-14,23H,2H2,1H3;1,8-9,11,15H,4-7,10H2,2H3;1-7H;;1H3. The number of aromatic hydroxyl groups is 1. The highest BCUT2D eigenvalue weighted by Gasteiger charge is 2.57. The predicted molar refractivity (Wildman–Crippen MR) is 406 cm³/mol. The zero-order valence-electron chi connectivity index (χ0n) is 54.6. The van der Waals surface area contributed by atoms with E-state index in [0.29, 0.717) is 16.9 Å². The maximum absolute atomic E-state index is 12.6. The maximum atomic E-state index is 12.6. The SMILES string of the molecule is Brc1ccc2c(c1)sc1ccccc12.C#Cc1ccc(OC2CCCCO2)c(CC)c1.CCc1cc(C#Cc2ccc3c(c2)sc2ccccc23)ccc1O.CCc1cc(C#Cc2ccc3c(c2)sc2ccccc23)ccc1OS(=O)(=O)C(F)(F)F.CI.O=S(=O)(OS(=O)(=O)C(F)(F)F)C(F)(F)F. The molecule has 1 aliphatic rings. The van der Waals surface area contributed by atoms with Gasteiger partial charge in [0.2, 0.25) is 0 Å². The van der Waals surface area contributed by atoms with E-state index >= 15 is 0 Å². The molecule has 0 bridgehead atoms. The Balaban J connectivity index is 0.000000168. The van der Waals surface area contributed by atoms with Gasteiger partial charge in [-0.1, -0.05) is 162 Å². The smallest absolute Gasteiger partial charge is 0.508 e. The van der Waals surface area contributed by atoms with E-state index in [2.05, 4.69) is 176 Å². The molecular formula is C75H59BrF9IO11S6. The summed E-state index contributed by atoms with van der Waals surface area (Å²) in [5.74, 6) is 16.0. The van der Waals surface area contributed by atoms with Crippen molar-refractivity contribution in [2.75, 3.05) is 11.5 Å². The second-order valence-corrected chi connectivity index (χ2v) is 30.8. The topological polar surface area (TPSA) is 160 Å². The first-order valence-corrected chi connectivity index (χ1v) is 40.4. The summed E-state index contributed by atoms with van der Waals surface area (Å²) in [5.41, 5.74) is -11.4. The van der Waals surface area contributed by atoms with Crippen LogP contribution < -0.4 is 8.92 Å². The molecule has 4 heterocycles. The van der Waals surface area contributed by atoms with E-state index in [1.54, 1.807) is 35.7 Å². The summed E-state index contributed by atoms with van der Waals surface area (Å²) in [6.07, 6.45) is 10.6. The summed E-state index contributed by atoms with van der Waals surface area (Å²) < 4.78 is 195. The molecule has 3 aromatic heterocycles. The normalized spacial score (nSPS) is 13.2. The van der Waals surface area contributed by atoms with Crippen molar-refractivity contribution >= 4 is 163 Å². The van der Waals surface area contributed by atoms with Crippen LogP contribution in [0.3, 0.4) is 0 Å². The predicted octanol–water partition coefficient (Wildman–Crippen LogP) is 21.7. The van der Waals surface area contributed by atoms with Crippen molar-refractivity contribution in [2.45, 2.75) is 82.1 Å². The lowest BCUT2D eigenvalue weighted by molar-refractivity contribution is -0.106. The second kappa shape index (κ2) is 35.2. The van der Waals surface area contributed by atoms with Gasteiger partial charge < -0.3 is 18.8 Å². The number of phenolic OH excluding ortho intramolecular Hbond substituents is 1. The third kappa shape index (κ3) is 21.0. The number of hydrogen-bond donors (Lipinski definition) is 1. The van der Waals surface area contributed by atoms with Crippen LogP contribution in [0.25, 0.3) is 60.5 Å². The fraction of sp³-hybridized carbons (Fsp3) is 0.200. The van der Waals surface area contributed by atoms with E-state index < -0.39 is 46.9 Å². The summed E-state index contributed by atoms with van der Waals surface area (Å²) in [6.45, 7) is 6.62. The first kappa shape index (κ1) is 80.8. The van der Waals surface area contributed by atoms with Gasteiger partial charge in [-0.15, -0.1) is 44.1 Å². The molecule has 13 rings (SSSR count). The Morgan fingerprint density at radius 3 is 1.28 bits per heavy atom. The van der Waals surface area contributed by atoms with Gasteiger partial charge in [-0.3, -0.25) is 0 Å². The Labute approximate surface area is 623 Å². The average Bonchev–Trinajstić information content (AvgIpc) is 1.68. The number of thiophene rings is 3. The Morgan fingerprint density at radius 2 is 0.845 bits per heavy atom. The molecule has 103 heavy (non-hydrogen) atoms. The van der Waals surface area contributed by atoms with Crippen LogP contribution in [0.4, 0.5) is 39.5 Å². The van der Waals surface area contributed by atoms with Gasteiger partial charge in [-0.05, 0) is 163 Å². The molecule has 0 amide bonds. The van der Waals surface area contributed by atoms with Gasteiger partial charge in [0.25, 0.3) is 0 Å². The van der Waals surface area contributed by atoms with Crippen LogP contribution in [0.5, 0.6) is 17.2 Å². The molecule has 1 fully saturated rings. The Morgan fingerprint density at radius 1 is 0.476 bits per heavy atom. The molecule has 1 unspecified atom stereocenters. The van der Waals surface area contributed by atoms with Crippen molar-refractivity contribution in [3.05, 3.63) is 231 Å². The first-order chi connectivity index (χ1) is 48.8. The zero-order valence-corrected chi connectivity index (χ0v) is 63.2. The van der Waals surface area contributed by atoms with Gasteiger partial charge in [0.05, 0.1) is 6.61 Å². The molecule has 1 saturated heterocycles. The number of benzene rings is 9. The fourth-order valence-corrected chi connectivity index (χ4v) is 15.9.